The smallest absolute Gasteiger partial charge is 0.416 e. The highest BCUT2D eigenvalue weighted by molar-refractivity contribution is 6.37. The highest BCUT2D eigenvalue weighted by Crippen LogP contribution is 2.31. The number of carbonyl (C=O) groups excluding carboxylic acids is 2. The van der Waals surface area contributed by atoms with Crippen molar-refractivity contribution in [3.63, 3.8) is 0 Å². The maximum atomic E-state index is 12.8. The van der Waals surface area contributed by atoms with E-state index in [1.54, 1.807) is 7.05 Å². The first-order chi connectivity index (χ1) is 16.0. The molecule has 3 aromatic rings. The summed E-state index contributed by atoms with van der Waals surface area (Å²) in [6.45, 7) is -0.312. The van der Waals surface area contributed by atoms with Crippen LogP contribution in [0.15, 0.2) is 54.7 Å². The third-order valence-corrected chi connectivity index (χ3v) is 5.12. The lowest BCUT2D eigenvalue weighted by molar-refractivity contribution is -0.510. The quantitative estimate of drug-likeness (QED) is 0.196. The standard InChI is InChI=1S/C22H17Cl2F3N4O3/c1-31-10-12(20(32)16-6-5-14(23)9-17(16)24)7-18(31)21(33)30-29-19(28)11-34-15-4-2-3-13(8-15)22(25,26)27/h2-10H,11H2,1H3,(H2,28,29)(H,30,33)/p+1. The first kappa shape index (κ1) is 25.1. The third-order valence-electron chi connectivity index (χ3n) is 4.57. The number of amidine groups is 1. The summed E-state index contributed by atoms with van der Waals surface area (Å²) in [7, 11) is 1.57. The van der Waals surface area contributed by atoms with Gasteiger partial charge in [-0.1, -0.05) is 29.3 Å². The van der Waals surface area contributed by atoms with Crippen LogP contribution in [0.25, 0.3) is 0 Å². The average molecular weight is 514 g/mol. The fraction of sp³-hybridized carbons (Fsp3) is 0.136. The Morgan fingerprint density at radius 1 is 1.15 bits per heavy atom. The van der Waals surface area contributed by atoms with Crippen LogP contribution in [-0.2, 0) is 13.2 Å². The molecule has 1 amide bonds. The fourth-order valence-corrected chi connectivity index (χ4v) is 3.40. The predicted molar refractivity (Wildman–Crippen MR) is 120 cm³/mol. The number of ketones is 1. The van der Waals surface area contributed by atoms with Gasteiger partial charge in [0.2, 0.25) is 0 Å². The van der Waals surface area contributed by atoms with Gasteiger partial charge in [-0.25, -0.2) is 0 Å². The molecule has 0 aliphatic rings. The molecular weight excluding hydrogens is 496 g/mol. The number of amides is 1. The summed E-state index contributed by atoms with van der Waals surface area (Å²) in [5.41, 5.74) is 7.78. The van der Waals surface area contributed by atoms with Gasteiger partial charge in [-0.2, -0.15) is 23.7 Å². The number of aryl methyl sites for hydroxylation is 1. The molecule has 0 fully saturated rings. The zero-order chi connectivity index (χ0) is 25.0. The molecule has 0 spiro atoms. The number of hydrogen-bond donors (Lipinski definition) is 3. The topological polar surface area (TPSA) is 100 Å². The minimum atomic E-state index is -4.50. The van der Waals surface area contributed by atoms with Gasteiger partial charge in [0.1, 0.15) is 11.4 Å². The van der Waals surface area contributed by atoms with E-state index < -0.39 is 23.4 Å². The van der Waals surface area contributed by atoms with E-state index in [2.05, 4.69) is 10.5 Å². The molecule has 4 N–H and O–H groups in total. The summed E-state index contributed by atoms with van der Waals surface area (Å²) in [5.74, 6) is -1.13. The number of nitrogens with one attached hydrogen (secondary N) is 2. The van der Waals surface area contributed by atoms with Gasteiger partial charge in [0.15, 0.2) is 12.4 Å². The molecule has 0 atom stereocenters. The number of hydrogen-bond acceptors (Lipinski definition) is 3. The fourth-order valence-electron chi connectivity index (χ4n) is 2.90. The zero-order valence-corrected chi connectivity index (χ0v) is 19.1. The van der Waals surface area contributed by atoms with E-state index in [9.17, 15) is 22.8 Å². The van der Waals surface area contributed by atoms with Crippen LogP contribution < -0.4 is 21.0 Å². The monoisotopic (exact) mass is 513 g/mol. The number of benzene rings is 2. The SMILES string of the molecule is Cn1cc(C(=O)c2ccc(Cl)cc2Cl)cc1C(=O)N[NH+]=C(N)COc1cccc(C(F)(F)F)c1. The minimum absolute atomic E-state index is 0.0441. The number of alkyl halides is 3. The van der Waals surface area contributed by atoms with Crippen LogP contribution in [0.1, 0.15) is 32.0 Å². The molecule has 3 rings (SSSR count). The summed E-state index contributed by atoms with van der Waals surface area (Å²) < 4.78 is 45.0. The van der Waals surface area contributed by atoms with E-state index in [0.717, 1.165) is 12.1 Å². The highest BCUT2D eigenvalue weighted by atomic mass is 35.5. The molecule has 34 heavy (non-hydrogen) atoms. The Morgan fingerprint density at radius 3 is 2.56 bits per heavy atom. The summed E-state index contributed by atoms with van der Waals surface area (Å²) in [4.78, 5) is 25.2. The average Bonchev–Trinajstić information content (AvgIpc) is 3.17. The van der Waals surface area contributed by atoms with Crippen LogP contribution in [-0.4, -0.2) is 28.7 Å². The van der Waals surface area contributed by atoms with Gasteiger partial charge < -0.3 is 9.30 Å². The van der Waals surface area contributed by atoms with Crippen molar-refractivity contribution in [2.75, 3.05) is 6.61 Å². The number of hydrazine groups is 1. The lowest BCUT2D eigenvalue weighted by atomic mass is 10.1. The first-order valence-corrected chi connectivity index (χ1v) is 10.3. The van der Waals surface area contributed by atoms with Crippen molar-refractivity contribution in [3.8, 4) is 5.75 Å². The summed E-state index contributed by atoms with van der Waals surface area (Å²) in [6, 6.07) is 10.1. The van der Waals surface area contributed by atoms with Gasteiger partial charge in [0.05, 0.1) is 10.6 Å². The predicted octanol–water partition coefficient (Wildman–Crippen LogP) is 2.74. The van der Waals surface area contributed by atoms with Crippen LogP contribution in [0.4, 0.5) is 13.2 Å². The third kappa shape index (κ3) is 6.09. The first-order valence-electron chi connectivity index (χ1n) is 9.59. The van der Waals surface area contributed by atoms with Crippen molar-refractivity contribution in [2.24, 2.45) is 12.8 Å². The Morgan fingerprint density at radius 2 is 1.88 bits per heavy atom. The van der Waals surface area contributed by atoms with Crippen LogP contribution in [0, 0.1) is 0 Å². The van der Waals surface area contributed by atoms with Crippen molar-refractivity contribution >= 4 is 40.7 Å². The Balaban J connectivity index is 1.64. The van der Waals surface area contributed by atoms with Gasteiger partial charge in [-0.05, 0) is 42.5 Å². The Bertz CT molecular complexity index is 1270. The molecule has 0 aliphatic carbocycles. The van der Waals surface area contributed by atoms with Gasteiger partial charge in [0, 0.05) is 29.4 Å². The zero-order valence-electron chi connectivity index (χ0n) is 17.5. The Labute approximate surface area is 201 Å². The number of aromatic nitrogens is 1. The molecule has 0 unspecified atom stereocenters. The number of nitrogens with zero attached hydrogens (tertiary/aromatic N) is 1. The van der Waals surface area contributed by atoms with Crippen molar-refractivity contribution < 1.29 is 32.6 Å². The number of nitrogens with two attached hydrogens (primary N) is 1. The summed E-state index contributed by atoms with van der Waals surface area (Å²) in [6.07, 6.45) is -3.04. The second kappa shape index (κ2) is 10.2. The molecule has 0 saturated heterocycles. The summed E-state index contributed by atoms with van der Waals surface area (Å²) >= 11 is 11.9. The van der Waals surface area contributed by atoms with E-state index in [0.29, 0.717) is 5.02 Å². The van der Waals surface area contributed by atoms with Crippen molar-refractivity contribution in [1.29, 1.82) is 0 Å². The van der Waals surface area contributed by atoms with Gasteiger partial charge in [-0.15, -0.1) is 0 Å². The van der Waals surface area contributed by atoms with Crippen molar-refractivity contribution in [3.05, 3.63) is 87.2 Å². The van der Waals surface area contributed by atoms with Gasteiger partial charge >= 0.3 is 17.9 Å². The van der Waals surface area contributed by atoms with E-state index in [1.165, 1.54) is 47.2 Å². The van der Waals surface area contributed by atoms with E-state index in [-0.39, 0.29) is 40.0 Å². The molecule has 7 nitrogen and oxygen atoms in total. The maximum absolute atomic E-state index is 12.8. The molecule has 2 aromatic carbocycles. The molecule has 1 aromatic heterocycles. The van der Waals surface area contributed by atoms with Crippen LogP contribution in [0.5, 0.6) is 5.75 Å². The second-order valence-electron chi connectivity index (χ2n) is 7.10. The van der Waals surface area contributed by atoms with E-state index in [4.69, 9.17) is 33.7 Å². The van der Waals surface area contributed by atoms with Gasteiger partial charge in [0.25, 0.3) is 0 Å². The molecule has 0 aliphatic heterocycles. The van der Waals surface area contributed by atoms with E-state index >= 15 is 0 Å². The molecular formula is C22H18Cl2F3N4O3+. The number of hydrazone groups is 1. The highest BCUT2D eigenvalue weighted by Gasteiger charge is 2.30. The molecule has 1 heterocycles. The van der Waals surface area contributed by atoms with E-state index in [1.807, 2.05) is 0 Å². The van der Waals surface area contributed by atoms with Gasteiger partial charge in [-0.3, -0.25) is 15.3 Å². The molecule has 0 saturated carbocycles. The van der Waals surface area contributed by atoms with Crippen molar-refractivity contribution in [2.45, 2.75) is 6.18 Å². The Hall–Kier alpha value is -3.50. The lowest BCUT2D eigenvalue weighted by Crippen LogP contribution is -2.87. The number of rotatable bonds is 7. The number of carbonyl (C=O) groups is 2. The largest absolute Gasteiger partial charge is 0.481 e. The number of halogens is 5. The van der Waals surface area contributed by atoms with Crippen LogP contribution >= 0.6 is 23.2 Å². The molecule has 0 radical (unpaired) electrons. The van der Waals surface area contributed by atoms with Crippen molar-refractivity contribution in [1.82, 2.24) is 9.99 Å². The second-order valence-corrected chi connectivity index (χ2v) is 7.94. The molecule has 12 heteroatoms. The van der Waals surface area contributed by atoms with Crippen LogP contribution in [0.2, 0.25) is 10.0 Å². The molecule has 178 valence electrons. The normalized spacial score (nSPS) is 11.9. The Kier molecular flexibility index (Phi) is 7.53. The summed E-state index contributed by atoms with van der Waals surface area (Å²) in [5, 5.41) is 2.98. The number of ether oxygens (including phenoxy) is 1. The lowest BCUT2D eigenvalue weighted by Gasteiger charge is -2.09. The minimum Gasteiger partial charge on any atom is -0.481 e. The molecule has 0 bridgehead atoms. The van der Waals surface area contributed by atoms with Crippen LogP contribution in [0.3, 0.4) is 0 Å². The maximum Gasteiger partial charge on any atom is 0.416 e.